The van der Waals surface area contributed by atoms with Gasteiger partial charge in [-0.1, -0.05) is 38.1 Å². The number of rotatable bonds is 6. The van der Waals surface area contributed by atoms with E-state index in [1.807, 2.05) is 0 Å². The van der Waals surface area contributed by atoms with Gasteiger partial charge in [-0.15, -0.1) is 0 Å². The lowest BCUT2D eigenvalue weighted by molar-refractivity contribution is -0.0962. The second-order valence-electron chi connectivity index (χ2n) is 6.50. The fourth-order valence-electron chi connectivity index (χ4n) is 3.78. The van der Waals surface area contributed by atoms with Crippen LogP contribution in [-0.2, 0) is 11.2 Å². The van der Waals surface area contributed by atoms with Crippen LogP contribution in [0.3, 0.4) is 0 Å². The molecule has 1 aliphatic carbocycles. The van der Waals surface area contributed by atoms with E-state index in [0.717, 1.165) is 31.8 Å². The molecule has 0 spiro atoms. The molecule has 1 unspecified atom stereocenters. The quantitative estimate of drug-likeness (QED) is 0.833. The van der Waals surface area contributed by atoms with Gasteiger partial charge in [-0.3, -0.25) is 0 Å². The van der Waals surface area contributed by atoms with Crippen molar-refractivity contribution in [1.29, 1.82) is 0 Å². The zero-order valence-corrected chi connectivity index (χ0v) is 14.1. The maximum atomic E-state index is 6.34. The van der Waals surface area contributed by atoms with Crippen molar-refractivity contribution in [1.82, 2.24) is 5.32 Å². The van der Waals surface area contributed by atoms with Crippen LogP contribution >= 0.6 is 0 Å². The molecule has 2 nitrogen and oxygen atoms in total. The summed E-state index contributed by atoms with van der Waals surface area (Å²) in [5, 5.41) is 3.55. The van der Waals surface area contributed by atoms with Gasteiger partial charge in [0, 0.05) is 6.61 Å². The third kappa shape index (κ3) is 3.67. The van der Waals surface area contributed by atoms with Gasteiger partial charge in [0.05, 0.1) is 11.6 Å². The summed E-state index contributed by atoms with van der Waals surface area (Å²) in [6.07, 6.45) is 5.94. The molecule has 0 amide bonds. The molecule has 2 heteroatoms. The number of nitrogens with one attached hydrogen (secondary N) is 1. The Morgan fingerprint density at radius 3 is 2.57 bits per heavy atom. The van der Waals surface area contributed by atoms with Gasteiger partial charge in [0.25, 0.3) is 0 Å². The Balaban J connectivity index is 2.30. The number of hydrogen-bond acceptors (Lipinski definition) is 2. The van der Waals surface area contributed by atoms with Crippen molar-refractivity contribution in [3.8, 4) is 0 Å². The highest BCUT2D eigenvalue weighted by molar-refractivity contribution is 5.28. The average Bonchev–Trinajstić information content (AvgIpc) is 2.51. The first-order valence-corrected chi connectivity index (χ1v) is 8.55. The first kappa shape index (κ1) is 16.5. The van der Waals surface area contributed by atoms with Gasteiger partial charge in [0.1, 0.15) is 0 Å². The standard InChI is InChI=1S/C19H31NO/c1-5-16-8-7-9-17(14-16)18(20-4)19(21-6-2)12-10-15(3)11-13-19/h7-9,14-15,18,20H,5-6,10-13H2,1-4H3. The van der Waals surface area contributed by atoms with Crippen LogP contribution in [0.4, 0.5) is 0 Å². The van der Waals surface area contributed by atoms with Crippen LogP contribution in [0, 0.1) is 5.92 Å². The Hall–Kier alpha value is -0.860. The van der Waals surface area contributed by atoms with Crippen molar-refractivity contribution in [3.05, 3.63) is 35.4 Å². The van der Waals surface area contributed by atoms with E-state index in [1.165, 1.54) is 24.0 Å². The minimum Gasteiger partial charge on any atom is -0.373 e. The van der Waals surface area contributed by atoms with Crippen molar-refractivity contribution in [2.45, 2.75) is 64.5 Å². The highest BCUT2D eigenvalue weighted by Crippen LogP contribution is 2.43. The summed E-state index contributed by atoms with van der Waals surface area (Å²) in [6.45, 7) is 7.49. The summed E-state index contributed by atoms with van der Waals surface area (Å²) < 4.78 is 6.34. The predicted octanol–water partition coefficient (Wildman–Crippen LogP) is 4.49. The fourth-order valence-corrected chi connectivity index (χ4v) is 3.78. The zero-order chi connectivity index (χ0) is 15.3. The Labute approximate surface area is 130 Å². The van der Waals surface area contributed by atoms with Crippen molar-refractivity contribution in [2.75, 3.05) is 13.7 Å². The third-order valence-corrected chi connectivity index (χ3v) is 5.06. The molecule has 118 valence electrons. The van der Waals surface area contributed by atoms with E-state index in [9.17, 15) is 0 Å². The van der Waals surface area contributed by atoms with E-state index in [2.05, 4.69) is 57.4 Å². The van der Waals surface area contributed by atoms with Crippen LogP contribution in [-0.4, -0.2) is 19.3 Å². The predicted molar refractivity (Wildman–Crippen MR) is 89.6 cm³/mol. The monoisotopic (exact) mass is 289 g/mol. The van der Waals surface area contributed by atoms with E-state index in [4.69, 9.17) is 4.74 Å². The van der Waals surface area contributed by atoms with Gasteiger partial charge in [0.2, 0.25) is 0 Å². The molecule has 2 rings (SSSR count). The van der Waals surface area contributed by atoms with Gasteiger partial charge < -0.3 is 10.1 Å². The number of aryl methyl sites for hydroxylation is 1. The Bertz CT molecular complexity index is 435. The average molecular weight is 289 g/mol. The Morgan fingerprint density at radius 1 is 1.29 bits per heavy atom. The summed E-state index contributed by atoms with van der Waals surface area (Å²) in [4.78, 5) is 0. The topological polar surface area (TPSA) is 21.3 Å². The molecule has 0 radical (unpaired) electrons. The lowest BCUT2D eigenvalue weighted by Crippen LogP contribution is -2.47. The highest BCUT2D eigenvalue weighted by Gasteiger charge is 2.42. The maximum Gasteiger partial charge on any atom is 0.0876 e. The number of likely N-dealkylation sites (N-methyl/N-ethyl adjacent to an activating group) is 1. The van der Waals surface area contributed by atoms with Crippen LogP contribution in [0.25, 0.3) is 0 Å². The van der Waals surface area contributed by atoms with Crippen molar-refractivity contribution in [2.24, 2.45) is 5.92 Å². The number of benzene rings is 1. The Kier molecular flexibility index (Phi) is 5.83. The second kappa shape index (κ2) is 7.42. The van der Waals surface area contributed by atoms with Crippen molar-refractivity contribution in [3.63, 3.8) is 0 Å². The summed E-state index contributed by atoms with van der Waals surface area (Å²) >= 11 is 0. The van der Waals surface area contributed by atoms with Crippen LogP contribution in [0.5, 0.6) is 0 Å². The van der Waals surface area contributed by atoms with Gasteiger partial charge in [-0.05, 0) is 63.1 Å². The molecule has 1 aromatic rings. The first-order chi connectivity index (χ1) is 10.1. The van der Waals surface area contributed by atoms with Crippen LogP contribution in [0.1, 0.15) is 63.6 Å². The zero-order valence-electron chi connectivity index (χ0n) is 14.1. The molecular formula is C19H31NO. The summed E-state index contributed by atoms with van der Waals surface area (Å²) in [5.74, 6) is 0.832. The van der Waals surface area contributed by atoms with Crippen LogP contribution in [0.15, 0.2) is 24.3 Å². The van der Waals surface area contributed by atoms with Crippen molar-refractivity contribution >= 4 is 0 Å². The lowest BCUT2D eigenvalue weighted by Gasteiger charge is -2.45. The first-order valence-electron chi connectivity index (χ1n) is 8.55. The van der Waals surface area contributed by atoms with E-state index in [-0.39, 0.29) is 11.6 Å². The van der Waals surface area contributed by atoms with E-state index >= 15 is 0 Å². The minimum absolute atomic E-state index is 0.0393. The SMILES string of the molecule is CCOC1(C(NC)c2cccc(CC)c2)CCC(C)CC1. The van der Waals surface area contributed by atoms with E-state index in [0.29, 0.717) is 0 Å². The maximum absolute atomic E-state index is 6.34. The summed E-state index contributed by atoms with van der Waals surface area (Å²) in [6, 6.07) is 9.28. The second-order valence-corrected chi connectivity index (χ2v) is 6.50. The third-order valence-electron chi connectivity index (χ3n) is 5.06. The van der Waals surface area contributed by atoms with Gasteiger partial charge >= 0.3 is 0 Å². The molecule has 1 fully saturated rings. The lowest BCUT2D eigenvalue weighted by atomic mass is 9.73. The fraction of sp³-hybridized carbons (Fsp3) is 0.684. The molecule has 1 saturated carbocycles. The van der Waals surface area contributed by atoms with Gasteiger partial charge in [-0.2, -0.15) is 0 Å². The van der Waals surface area contributed by atoms with E-state index in [1.54, 1.807) is 0 Å². The molecule has 1 aromatic carbocycles. The molecule has 0 saturated heterocycles. The number of ether oxygens (including phenoxy) is 1. The molecule has 0 heterocycles. The van der Waals surface area contributed by atoms with Gasteiger partial charge in [0.15, 0.2) is 0 Å². The minimum atomic E-state index is -0.0393. The van der Waals surface area contributed by atoms with Crippen LogP contribution < -0.4 is 5.32 Å². The molecule has 1 N–H and O–H groups in total. The smallest absolute Gasteiger partial charge is 0.0876 e. The molecule has 0 bridgehead atoms. The Morgan fingerprint density at radius 2 is 2.00 bits per heavy atom. The summed E-state index contributed by atoms with van der Waals surface area (Å²) in [7, 11) is 2.07. The van der Waals surface area contributed by atoms with Crippen molar-refractivity contribution < 1.29 is 4.74 Å². The van der Waals surface area contributed by atoms with Crippen LogP contribution in [0.2, 0.25) is 0 Å². The summed E-state index contributed by atoms with van der Waals surface area (Å²) in [5.41, 5.74) is 2.74. The molecule has 21 heavy (non-hydrogen) atoms. The molecule has 0 aliphatic heterocycles. The van der Waals surface area contributed by atoms with Gasteiger partial charge in [-0.25, -0.2) is 0 Å². The van der Waals surface area contributed by atoms with E-state index < -0.39 is 0 Å². The highest BCUT2D eigenvalue weighted by atomic mass is 16.5. The largest absolute Gasteiger partial charge is 0.373 e. The molecule has 0 aromatic heterocycles. The number of hydrogen-bond donors (Lipinski definition) is 1. The normalized spacial score (nSPS) is 27.5. The molecular weight excluding hydrogens is 258 g/mol. The molecule has 1 atom stereocenters. The molecule has 1 aliphatic rings.